The van der Waals surface area contributed by atoms with E-state index < -0.39 is 0 Å². The second-order valence-corrected chi connectivity index (χ2v) is 3.95. The maximum Gasteiger partial charge on any atom is 0.119 e. The van der Waals surface area contributed by atoms with Gasteiger partial charge in [-0.2, -0.15) is 0 Å². The molecule has 0 atom stereocenters. The minimum Gasteiger partial charge on any atom is -0.508 e. The molecule has 0 amide bonds. The summed E-state index contributed by atoms with van der Waals surface area (Å²) in [6, 6.07) is 5.94. The van der Waals surface area contributed by atoms with E-state index in [9.17, 15) is 5.11 Å². The van der Waals surface area contributed by atoms with Crippen LogP contribution in [0.5, 0.6) is 5.75 Å². The second kappa shape index (κ2) is 4.01. The summed E-state index contributed by atoms with van der Waals surface area (Å²) in [6.45, 7) is 3.63. The molecule has 1 aromatic rings. The van der Waals surface area contributed by atoms with E-state index in [0.717, 1.165) is 37.2 Å². The van der Waals surface area contributed by atoms with E-state index in [1.807, 2.05) is 19.1 Å². The van der Waals surface area contributed by atoms with E-state index in [-0.39, 0.29) is 0 Å². The summed E-state index contributed by atoms with van der Waals surface area (Å²) in [5, 5.41) is 9.80. The summed E-state index contributed by atoms with van der Waals surface area (Å²) in [5.41, 5.74) is 2.19. The van der Waals surface area contributed by atoms with Crippen LogP contribution in [0.15, 0.2) is 18.2 Å². The van der Waals surface area contributed by atoms with Crippen molar-refractivity contribution in [3.8, 4) is 5.75 Å². The molecule has 1 N–H and O–H groups in total. The second-order valence-electron chi connectivity index (χ2n) is 3.95. The lowest BCUT2D eigenvalue weighted by Crippen LogP contribution is -2.14. The first-order valence-electron chi connectivity index (χ1n) is 5.14. The number of aromatic hydroxyl groups is 1. The molecular weight excluding hydrogens is 176 g/mol. The largest absolute Gasteiger partial charge is 0.508 e. The number of rotatable bonds is 1. The van der Waals surface area contributed by atoms with Gasteiger partial charge in [-0.1, -0.05) is 12.1 Å². The Labute approximate surface area is 84.5 Å². The molecule has 0 bridgehead atoms. The zero-order chi connectivity index (χ0) is 9.97. The zero-order valence-corrected chi connectivity index (χ0v) is 8.49. The van der Waals surface area contributed by atoms with Gasteiger partial charge in [0.15, 0.2) is 0 Å². The van der Waals surface area contributed by atoms with Crippen LogP contribution in [0.25, 0.3) is 0 Å². The molecule has 2 rings (SSSR count). The number of ether oxygens (including phenoxy) is 1. The lowest BCUT2D eigenvalue weighted by atomic mass is 9.90. The van der Waals surface area contributed by atoms with Crippen molar-refractivity contribution >= 4 is 0 Å². The van der Waals surface area contributed by atoms with E-state index in [1.165, 1.54) is 0 Å². The summed E-state index contributed by atoms with van der Waals surface area (Å²) in [5.74, 6) is 0.918. The topological polar surface area (TPSA) is 29.5 Å². The molecule has 1 fully saturated rings. The van der Waals surface area contributed by atoms with Crippen LogP contribution in [-0.2, 0) is 4.74 Å². The molecule has 0 saturated carbocycles. The van der Waals surface area contributed by atoms with Crippen molar-refractivity contribution in [2.75, 3.05) is 13.2 Å². The Morgan fingerprint density at radius 3 is 2.64 bits per heavy atom. The standard InChI is InChI=1S/C12H16O2/c1-9-2-3-11(12(13)8-9)10-4-6-14-7-5-10/h2-3,8,10,13H,4-7H2,1H3. The molecule has 0 spiro atoms. The van der Waals surface area contributed by atoms with Gasteiger partial charge >= 0.3 is 0 Å². The maximum atomic E-state index is 9.80. The van der Waals surface area contributed by atoms with Crippen LogP contribution in [0.3, 0.4) is 0 Å². The van der Waals surface area contributed by atoms with Gasteiger partial charge in [-0.25, -0.2) is 0 Å². The number of aryl methyl sites for hydroxylation is 1. The predicted octanol–water partition coefficient (Wildman–Crippen LogP) is 2.59. The molecule has 0 radical (unpaired) electrons. The third-order valence-corrected chi connectivity index (χ3v) is 2.85. The number of phenols is 1. The SMILES string of the molecule is Cc1ccc(C2CCOCC2)c(O)c1. The van der Waals surface area contributed by atoms with Crippen LogP contribution >= 0.6 is 0 Å². The summed E-state index contributed by atoms with van der Waals surface area (Å²) >= 11 is 0. The van der Waals surface area contributed by atoms with Crippen molar-refractivity contribution in [1.29, 1.82) is 0 Å². The van der Waals surface area contributed by atoms with E-state index in [2.05, 4.69) is 6.07 Å². The number of hydrogen-bond donors (Lipinski definition) is 1. The molecule has 2 nitrogen and oxygen atoms in total. The van der Waals surface area contributed by atoms with E-state index in [4.69, 9.17) is 4.74 Å². The summed E-state index contributed by atoms with van der Waals surface area (Å²) in [4.78, 5) is 0. The van der Waals surface area contributed by atoms with Crippen molar-refractivity contribution in [3.05, 3.63) is 29.3 Å². The minimum atomic E-state index is 0.442. The fourth-order valence-electron chi connectivity index (χ4n) is 2.01. The van der Waals surface area contributed by atoms with E-state index in [0.29, 0.717) is 11.7 Å². The molecule has 0 unspecified atom stereocenters. The van der Waals surface area contributed by atoms with Gasteiger partial charge < -0.3 is 9.84 Å². The maximum absolute atomic E-state index is 9.80. The third kappa shape index (κ3) is 1.90. The molecule has 1 aromatic carbocycles. The van der Waals surface area contributed by atoms with Crippen molar-refractivity contribution in [2.24, 2.45) is 0 Å². The Bertz CT molecular complexity index is 314. The quantitative estimate of drug-likeness (QED) is 0.741. The molecule has 1 aliphatic rings. The van der Waals surface area contributed by atoms with Gasteiger partial charge in [0.2, 0.25) is 0 Å². The highest BCUT2D eigenvalue weighted by Gasteiger charge is 2.18. The van der Waals surface area contributed by atoms with Gasteiger partial charge in [0, 0.05) is 13.2 Å². The van der Waals surface area contributed by atoms with Gasteiger partial charge in [-0.15, -0.1) is 0 Å². The number of benzene rings is 1. The third-order valence-electron chi connectivity index (χ3n) is 2.85. The normalized spacial score (nSPS) is 18.4. The molecule has 2 heteroatoms. The van der Waals surface area contributed by atoms with Crippen LogP contribution in [0, 0.1) is 6.92 Å². The fraction of sp³-hybridized carbons (Fsp3) is 0.500. The lowest BCUT2D eigenvalue weighted by Gasteiger charge is -2.23. The van der Waals surface area contributed by atoms with Gasteiger partial charge in [0.1, 0.15) is 5.75 Å². The molecular formula is C12H16O2. The summed E-state index contributed by atoms with van der Waals surface area (Å²) in [6.07, 6.45) is 2.05. The minimum absolute atomic E-state index is 0.442. The summed E-state index contributed by atoms with van der Waals surface area (Å²) < 4.78 is 5.30. The van der Waals surface area contributed by atoms with Crippen molar-refractivity contribution in [1.82, 2.24) is 0 Å². The van der Waals surface area contributed by atoms with Crippen LogP contribution in [-0.4, -0.2) is 18.3 Å². The van der Waals surface area contributed by atoms with Crippen molar-refractivity contribution in [3.63, 3.8) is 0 Å². The Balaban J connectivity index is 2.22. The number of phenolic OH excluding ortho intramolecular Hbond substituents is 1. The average Bonchev–Trinajstić information content (AvgIpc) is 2.19. The van der Waals surface area contributed by atoms with Crippen LogP contribution in [0.4, 0.5) is 0 Å². The Morgan fingerprint density at radius 1 is 1.29 bits per heavy atom. The first-order valence-corrected chi connectivity index (χ1v) is 5.14. The van der Waals surface area contributed by atoms with Gasteiger partial charge in [0.25, 0.3) is 0 Å². The Hall–Kier alpha value is -1.02. The Morgan fingerprint density at radius 2 is 2.00 bits per heavy atom. The van der Waals surface area contributed by atoms with E-state index >= 15 is 0 Å². The molecule has 1 aliphatic heterocycles. The molecule has 76 valence electrons. The molecule has 14 heavy (non-hydrogen) atoms. The van der Waals surface area contributed by atoms with Crippen LogP contribution < -0.4 is 0 Å². The molecule has 1 heterocycles. The average molecular weight is 192 g/mol. The first kappa shape index (κ1) is 9.53. The monoisotopic (exact) mass is 192 g/mol. The highest BCUT2D eigenvalue weighted by molar-refractivity contribution is 5.38. The Kier molecular flexibility index (Phi) is 2.73. The lowest BCUT2D eigenvalue weighted by molar-refractivity contribution is 0.0848. The number of hydrogen-bond acceptors (Lipinski definition) is 2. The molecule has 1 saturated heterocycles. The highest BCUT2D eigenvalue weighted by Crippen LogP contribution is 2.33. The summed E-state index contributed by atoms with van der Waals surface area (Å²) in [7, 11) is 0. The van der Waals surface area contributed by atoms with Crippen molar-refractivity contribution in [2.45, 2.75) is 25.7 Å². The zero-order valence-electron chi connectivity index (χ0n) is 8.49. The van der Waals surface area contributed by atoms with Crippen molar-refractivity contribution < 1.29 is 9.84 Å². The van der Waals surface area contributed by atoms with Gasteiger partial charge in [-0.3, -0.25) is 0 Å². The predicted molar refractivity (Wildman–Crippen MR) is 55.6 cm³/mol. The van der Waals surface area contributed by atoms with Gasteiger partial charge in [-0.05, 0) is 42.9 Å². The highest BCUT2D eigenvalue weighted by atomic mass is 16.5. The first-order chi connectivity index (χ1) is 6.77. The molecule has 0 aromatic heterocycles. The van der Waals surface area contributed by atoms with Crippen LogP contribution in [0.1, 0.15) is 29.9 Å². The smallest absolute Gasteiger partial charge is 0.119 e. The van der Waals surface area contributed by atoms with E-state index in [1.54, 1.807) is 0 Å². The fourth-order valence-corrected chi connectivity index (χ4v) is 2.01. The van der Waals surface area contributed by atoms with Gasteiger partial charge in [0.05, 0.1) is 0 Å². The van der Waals surface area contributed by atoms with Crippen LogP contribution in [0.2, 0.25) is 0 Å². The molecule has 0 aliphatic carbocycles.